The molecule has 22 heteroatoms. The van der Waals surface area contributed by atoms with Gasteiger partial charge in [-0.25, -0.2) is 19.2 Å². The van der Waals surface area contributed by atoms with Gasteiger partial charge < -0.3 is 75.1 Å². The average molecular weight is 982 g/mol. The van der Waals surface area contributed by atoms with E-state index in [1.807, 2.05) is 30.3 Å². The van der Waals surface area contributed by atoms with Gasteiger partial charge in [-0.1, -0.05) is 30.3 Å². The molecule has 0 spiro atoms. The first kappa shape index (κ1) is 59.7. The molecule has 1 aromatic rings. The van der Waals surface area contributed by atoms with Crippen LogP contribution in [0.2, 0.25) is 0 Å². The summed E-state index contributed by atoms with van der Waals surface area (Å²) in [4.78, 5) is 87.1. The summed E-state index contributed by atoms with van der Waals surface area (Å²) < 4.78 is 46.1. The van der Waals surface area contributed by atoms with Crippen LogP contribution in [0.25, 0.3) is 0 Å². The van der Waals surface area contributed by atoms with Crippen LogP contribution in [0.5, 0.6) is 0 Å². The second-order valence-corrected chi connectivity index (χ2v) is 19.0. The van der Waals surface area contributed by atoms with E-state index in [0.717, 1.165) is 5.56 Å². The predicted octanol–water partition coefficient (Wildman–Crippen LogP) is 3.73. The smallest absolute Gasteiger partial charge is 0.407 e. The molecule has 0 aliphatic carbocycles. The molecule has 1 heterocycles. The summed E-state index contributed by atoms with van der Waals surface area (Å²) >= 11 is 0. The van der Waals surface area contributed by atoms with Crippen LogP contribution in [-0.4, -0.2) is 156 Å². The maximum Gasteiger partial charge on any atom is 0.407 e. The van der Waals surface area contributed by atoms with Crippen molar-refractivity contribution in [1.29, 1.82) is 0 Å². The molecule has 0 unspecified atom stereocenters. The maximum atomic E-state index is 12.9. The zero-order valence-electron chi connectivity index (χ0n) is 42.0. The van der Waals surface area contributed by atoms with E-state index in [4.69, 9.17) is 37.9 Å². The molecule has 1 fully saturated rings. The molecule has 0 bridgehead atoms. The van der Waals surface area contributed by atoms with E-state index in [1.54, 1.807) is 62.3 Å². The highest BCUT2D eigenvalue weighted by molar-refractivity contribution is 5.76. The predicted molar refractivity (Wildman–Crippen MR) is 253 cm³/mol. The van der Waals surface area contributed by atoms with Crippen LogP contribution in [0, 0.1) is 0 Å². The summed E-state index contributed by atoms with van der Waals surface area (Å²) in [6.07, 6.45) is -4.63. The van der Waals surface area contributed by atoms with Gasteiger partial charge >= 0.3 is 24.4 Å². The van der Waals surface area contributed by atoms with E-state index in [-0.39, 0.29) is 103 Å². The zero-order chi connectivity index (χ0) is 51.3. The van der Waals surface area contributed by atoms with Gasteiger partial charge in [-0.2, -0.15) is 0 Å². The lowest BCUT2D eigenvalue weighted by Crippen LogP contribution is -2.59. The Labute approximate surface area is 406 Å². The van der Waals surface area contributed by atoms with E-state index in [1.165, 1.54) is 0 Å². The minimum Gasteiger partial charge on any atom is -0.445 e. The Morgan fingerprint density at radius 1 is 0.507 bits per heavy atom. The first-order chi connectivity index (χ1) is 32.5. The lowest BCUT2D eigenvalue weighted by molar-refractivity contribution is -0.228. The number of ether oxygens (including phenoxy) is 8. The van der Waals surface area contributed by atoms with E-state index in [9.17, 15) is 33.6 Å². The number of hydrogen-bond acceptors (Lipinski definition) is 15. The Balaban J connectivity index is 2.09. The maximum absolute atomic E-state index is 12.9. The van der Waals surface area contributed by atoms with E-state index < -0.39 is 65.6 Å². The molecular weight excluding hydrogens is 903 g/mol. The summed E-state index contributed by atoms with van der Waals surface area (Å²) in [6, 6.07) is 9.15. The van der Waals surface area contributed by atoms with Crippen LogP contribution < -0.4 is 37.2 Å². The zero-order valence-corrected chi connectivity index (χ0v) is 42.0. The molecule has 1 aliphatic heterocycles. The van der Waals surface area contributed by atoms with Crippen molar-refractivity contribution < 1.29 is 71.5 Å². The standard InChI is InChI=1S/C47H79N7O15/c1-45(2,3)67-42(59)51-24-13-21-48-36(55)18-27-62-35-32-65-34(30-54-41(58)66-31-33-16-11-10-12-17-33)39(63-28-19-37(56)49-22-14-25-52-43(60)68-46(4,5)6)40(35)64-29-20-38(57)50-23-15-26-53-44(61)69-47(7,8)9/h10-12,16-17,34-35,39-40H,13-15,18-32H2,1-9H3,(H,48,55)(H,49,56)(H,50,57)(H,51,59)(H,52,60)(H,53,61)(H,54,58)/t34-,35+,39-,40-/m1/s1. The highest BCUT2D eigenvalue weighted by Crippen LogP contribution is 2.25. The van der Waals surface area contributed by atoms with Gasteiger partial charge in [0.2, 0.25) is 17.7 Å². The third-order valence-corrected chi connectivity index (χ3v) is 9.16. The number of rotatable bonds is 28. The summed E-state index contributed by atoms with van der Waals surface area (Å²) in [5.41, 5.74) is -1.12. The molecule has 22 nitrogen and oxygen atoms in total. The Bertz CT molecular complexity index is 1720. The fourth-order valence-electron chi connectivity index (χ4n) is 6.12. The van der Waals surface area contributed by atoms with Crippen molar-refractivity contribution in [2.45, 2.75) is 149 Å². The number of carbonyl (C=O) groups excluding carboxylic acids is 7. The van der Waals surface area contributed by atoms with Gasteiger partial charge in [0.05, 0.1) is 26.4 Å². The molecule has 1 aliphatic rings. The monoisotopic (exact) mass is 982 g/mol. The van der Waals surface area contributed by atoms with Crippen molar-refractivity contribution in [3.63, 3.8) is 0 Å². The molecule has 2 rings (SSSR count). The lowest BCUT2D eigenvalue weighted by Gasteiger charge is -2.42. The molecule has 69 heavy (non-hydrogen) atoms. The fourth-order valence-corrected chi connectivity index (χ4v) is 6.12. The summed E-state index contributed by atoms with van der Waals surface area (Å²) in [7, 11) is 0. The average Bonchev–Trinajstić information content (AvgIpc) is 3.24. The third kappa shape index (κ3) is 30.6. The Kier molecular flexibility index (Phi) is 27.4. The molecule has 7 N–H and O–H groups in total. The highest BCUT2D eigenvalue weighted by Gasteiger charge is 2.43. The molecule has 1 saturated heterocycles. The normalized spacial score (nSPS) is 17.1. The molecule has 392 valence electrons. The number of carbonyl (C=O) groups is 7. The molecular formula is C47H79N7O15. The van der Waals surface area contributed by atoms with Crippen LogP contribution in [-0.2, 0) is 58.9 Å². The van der Waals surface area contributed by atoms with Crippen molar-refractivity contribution in [2.24, 2.45) is 0 Å². The Morgan fingerprint density at radius 2 is 0.899 bits per heavy atom. The summed E-state index contributed by atoms with van der Waals surface area (Å²) in [5, 5.41) is 19.0. The second-order valence-electron chi connectivity index (χ2n) is 19.0. The van der Waals surface area contributed by atoms with Gasteiger partial charge in [0.1, 0.15) is 47.8 Å². The van der Waals surface area contributed by atoms with Crippen LogP contribution in [0.3, 0.4) is 0 Å². The molecule has 0 saturated carbocycles. The van der Waals surface area contributed by atoms with E-state index in [0.29, 0.717) is 32.4 Å². The fraction of sp³-hybridized carbons (Fsp3) is 0.723. The Hall–Kier alpha value is -5.45. The highest BCUT2D eigenvalue weighted by atomic mass is 16.6. The van der Waals surface area contributed by atoms with Crippen molar-refractivity contribution in [1.82, 2.24) is 37.2 Å². The number of alkyl carbamates (subject to hydrolysis) is 4. The van der Waals surface area contributed by atoms with Gasteiger partial charge in [0.25, 0.3) is 0 Å². The van der Waals surface area contributed by atoms with E-state index in [2.05, 4.69) is 37.2 Å². The van der Waals surface area contributed by atoms with Gasteiger partial charge in [0, 0.05) is 65.1 Å². The summed E-state index contributed by atoms with van der Waals surface area (Å²) in [5.74, 6) is -0.933. The second kappa shape index (κ2) is 31.6. The third-order valence-electron chi connectivity index (χ3n) is 9.16. The quantitative estimate of drug-likeness (QED) is 0.0466. The number of amides is 7. The van der Waals surface area contributed by atoms with Gasteiger partial charge in [-0.05, 0) is 87.1 Å². The topological polar surface area (TPSA) is 278 Å². The molecule has 0 radical (unpaired) electrons. The van der Waals surface area contributed by atoms with Crippen LogP contribution in [0.1, 0.15) is 106 Å². The SMILES string of the molecule is CC(C)(C)OC(=O)NCCCNC(=O)CCO[C@H]1[C@H](OCCC(=O)NCCCNC(=O)OC(C)(C)C)[C@@H](CNC(=O)OCc2ccccc2)OC[C@@H]1OCCC(=O)NCCCNC(=O)OC(C)(C)C. The van der Waals surface area contributed by atoms with Crippen LogP contribution in [0.15, 0.2) is 30.3 Å². The van der Waals surface area contributed by atoms with Crippen molar-refractivity contribution in [3.8, 4) is 0 Å². The number of benzene rings is 1. The first-order valence-corrected chi connectivity index (χ1v) is 23.6. The van der Waals surface area contributed by atoms with E-state index >= 15 is 0 Å². The minimum atomic E-state index is -0.947. The molecule has 1 aromatic carbocycles. The lowest BCUT2D eigenvalue weighted by atomic mass is 9.99. The number of nitrogens with one attached hydrogen (secondary N) is 7. The van der Waals surface area contributed by atoms with Gasteiger partial charge in [-0.15, -0.1) is 0 Å². The Morgan fingerprint density at radius 3 is 1.32 bits per heavy atom. The molecule has 0 aromatic heterocycles. The van der Waals surface area contributed by atoms with Gasteiger partial charge in [0.15, 0.2) is 0 Å². The molecule has 4 atom stereocenters. The van der Waals surface area contributed by atoms with Crippen molar-refractivity contribution in [3.05, 3.63) is 35.9 Å². The first-order valence-electron chi connectivity index (χ1n) is 23.6. The van der Waals surface area contributed by atoms with Crippen molar-refractivity contribution >= 4 is 42.1 Å². The number of hydrogen-bond donors (Lipinski definition) is 7. The largest absolute Gasteiger partial charge is 0.445 e. The van der Waals surface area contributed by atoms with Crippen LogP contribution in [0.4, 0.5) is 19.2 Å². The molecule has 7 amide bonds. The minimum absolute atomic E-state index is 0.0227. The summed E-state index contributed by atoms with van der Waals surface area (Å²) in [6.45, 7) is 17.3. The van der Waals surface area contributed by atoms with Crippen molar-refractivity contribution in [2.75, 3.05) is 72.2 Å². The van der Waals surface area contributed by atoms with Gasteiger partial charge in [-0.3, -0.25) is 14.4 Å². The van der Waals surface area contributed by atoms with Crippen LogP contribution >= 0.6 is 0 Å².